The molecule has 0 aliphatic carbocycles. The van der Waals surface area contributed by atoms with Gasteiger partial charge < -0.3 is 20.3 Å². The van der Waals surface area contributed by atoms with Crippen molar-refractivity contribution in [1.29, 1.82) is 0 Å². The lowest BCUT2D eigenvalue weighted by Crippen LogP contribution is -2.45. The minimum absolute atomic E-state index is 0.00958. The molecule has 6 nitrogen and oxygen atoms in total. The van der Waals surface area contributed by atoms with E-state index in [0.29, 0.717) is 19.4 Å². The van der Waals surface area contributed by atoms with Gasteiger partial charge in [-0.15, -0.1) is 0 Å². The average Bonchev–Trinajstić information content (AvgIpc) is 3.34. The van der Waals surface area contributed by atoms with Gasteiger partial charge in [-0.25, -0.2) is 0 Å². The molecule has 0 aromatic rings. The second-order valence-corrected chi connectivity index (χ2v) is 21.0. The lowest BCUT2D eigenvalue weighted by Gasteiger charge is -2.20. The summed E-state index contributed by atoms with van der Waals surface area (Å²) >= 11 is 0. The third-order valence-corrected chi connectivity index (χ3v) is 14.2. The molecule has 0 spiro atoms. The molecule has 0 bridgehead atoms. The van der Waals surface area contributed by atoms with E-state index in [1.54, 1.807) is 6.08 Å². The number of hydrogen-bond acceptors (Lipinski definition) is 5. The number of amides is 1. The number of aliphatic hydroxyl groups excluding tert-OH is 2. The Kier molecular flexibility index (Phi) is 56.5. The van der Waals surface area contributed by atoms with Crippen molar-refractivity contribution in [2.75, 3.05) is 13.2 Å². The molecule has 0 aromatic carbocycles. The van der Waals surface area contributed by atoms with E-state index in [4.69, 9.17) is 4.74 Å². The van der Waals surface area contributed by atoms with Gasteiger partial charge in [0.1, 0.15) is 0 Å². The third-order valence-electron chi connectivity index (χ3n) is 14.2. The molecule has 2 unspecified atom stereocenters. The summed E-state index contributed by atoms with van der Waals surface area (Å²) in [7, 11) is 0. The summed E-state index contributed by atoms with van der Waals surface area (Å²) in [6, 6.07) is -0.622. The maximum Gasteiger partial charge on any atom is 0.305 e. The second-order valence-electron chi connectivity index (χ2n) is 21.0. The molecular weight excluding hydrogens is 839 g/mol. The van der Waals surface area contributed by atoms with Crippen LogP contribution >= 0.6 is 0 Å². The van der Waals surface area contributed by atoms with E-state index < -0.39 is 12.1 Å². The van der Waals surface area contributed by atoms with Gasteiger partial charge in [0, 0.05) is 12.8 Å². The van der Waals surface area contributed by atoms with E-state index in [1.165, 1.54) is 263 Å². The number of ether oxygens (including phenoxy) is 1. The fourth-order valence-corrected chi connectivity index (χ4v) is 9.51. The van der Waals surface area contributed by atoms with Gasteiger partial charge in [-0.3, -0.25) is 9.59 Å². The number of hydrogen-bond donors (Lipinski definition) is 3. The first-order chi connectivity index (χ1) is 33.5. The van der Waals surface area contributed by atoms with Crippen LogP contribution in [-0.2, 0) is 14.3 Å². The maximum absolute atomic E-state index is 12.4. The Morgan fingerprint density at radius 3 is 1.07 bits per heavy atom. The number of carbonyl (C=O) groups excluding carboxylic acids is 2. The van der Waals surface area contributed by atoms with E-state index >= 15 is 0 Å². The van der Waals surface area contributed by atoms with Gasteiger partial charge in [0.05, 0.1) is 25.4 Å². The van der Waals surface area contributed by atoms with Gasteiger partial charge in [-0.2, -0.15) is 0 Å². The first-order valence-corrected chi connectivity index (χ1v) is 30.6. The number of unbranched alkanes of at least 4 members (excludes halogenated alkanes) is 44. The molecule has 0 aromatic heterocycles. The summed E-state index contributed by atoms with van der Waals surface area (Å²) in [5.41, 5.74) is 0. The van der Waals surface area contributed by atoms with E-state index in [0.717, 1.165) is 44.9 Å². The summed E-state index contributed by atoms with van der Waals surface area (Å²) in [4.78, 5) is 24.4. The van der Waals surface area contributed by atoms with E-state index in [2.05, 4.69) is 31.3 Å². The fraction of sp³-hybridized carbons (Fsp3) is 0.903. The summed E-state index contributed by atoms with van der Waals surface area (Å²) in [5.74, 6) is -0.0564. The van der Waals surface area contributed by atoms with Crippen molar-refractivity contribution < 1.29 is 24.5 Å². The highest BCUT2D eigenvalue weighted by Gasteiger charge is 2.18. The molecule has 3 N–H and O–H groups in total. The van der Waals surface area contributed by atoms with Crippen LogP contribution in [-0.4, -0.2) is 47.4 Å². The van der Waals surface area contributed by atoms with Crippen LogP contribution in [0.1, 0.15) is 335 Å². The van der Waals surface area contributed by atoms with Crippen molar-refractivity contribution in [1.82, 2.24) is 5.32 Å². The lowest BCUT2D eigenvalue weighted by molar-refractivity contribution is -0.143. The van der Waals surface area contributed by atoms with E-state index in [1.807, 2.05) is 6.08 Å². The zero-order valence-electron chi connectivity index (χ0n) is 45.9. The summed E-state index contributed by atoms with van der Waals surface area (Å²) in [5, 5.41) is 22.9. The second kappa shape index (κ2) is 57.9. The largest absolute Gasteiger partial charge is 0.466 e. The van der Waals surface area contributed by atoms with Gasteiger partial charge in [0.15, 0.2) is 0 Å². The molecule has 2 atom stereocenters. The number of carbonyl (C=O) groups is 2. The van der Waals surface area contributed by atoms with Crippen molar-refractivity contribution in [3.05, 3.63) is 24.3 Å². The minimum atomic E-state index is -0.839. The number of nitrogens with one attached hydrogen (secondary N) is 1. The number of allylic oxidation sites excluding steroid dienone is 3. The minimum Gasteiger partial charge on any atom is -0.466 e. The highest BCUT2D eigenvalue weighted by atomic mass is 16.5. The molecule has 0 radical (unpaired) electrons. The van der Waals surface area contributed by atoms with E-state index in [-0.39, 0.29) is 18.5 Å². The molecule has 0 fully saturated rings. The summed E-state index contributed by atoms with van der Waals surface area (Å²) in [6.07, 6.45) is 71.0. The Morgan fingerprint density at radius 2 is 0.691 bits per heavy atom. The molecule has 6 heteroatoms. The Morgan fingerprint density at radius 1 is 0.397 bits per heavy atom. The first kappa shape index (κ1) is 66.3. The molecule has 402 valence electrons. The zero-order chi connectivity index (χ0) is 49.3. The Balaban J connectivity index is 3.31. The third kappa shape index (κ3) is 53.7. The smallest absolute Gasteiger partial charge is 0.305 e. The first-order valence-electron chi connectivity index (χ1n) is 30.6. The van der Waals surface area contributed by atoms with Crippen LogP contribution in [0.3, 0.4) is 0 Å². The molecule has 0 rings (SSSR count). The van der Waals surface area contributed by atoms with E-state index in [9.17, 15) is 19.8 Å². The molecule has 0 aliphatic heterocycles. The predicted octanol–water partition coefficient (Wildman–Crippen LogP) is 19.0. The van der Waals surface area contributed by atoms with Crippen LogP contribution in [0.25, 0.3) is 0 Å². The maximum atomic E-state index is 12.4. The molecule has 0 saturated heterocycles. The van der Waals surface area contributed by atoms with Crippen LogP contribution < -0.4 is 5.32 Å². The highest BCUT2D eigenvalue weighted by molar-refractivity contribution is 5.76. The topological polar surface area (TPSA) is 95.9 Å². The van der Waals surface area contributed by atoms with Crippen LogP contribution in [0.5, 0.6) is 0 Å². The van der Waals surface area contributed by atoms with Crippen LogP contribution in [0.4, 0.5) is 0 Å². The van der Waals surface area contributed by atoms with Crippen LogP contribution in [0, 0.1) is 0 Å². The van der Waals surface area contributed by atoms with Gasteiger partial charge in [0.2, 0.25) is 5.91 Å². The standard InChI is InChI=1S/C62H119NO5/c1-3-5-7-9-11-13-14-36-40-44-48-52-56-62(67)68-57-53-49-45-41-37-34-32-30-28-26-24-22-20-18-16-15-17-19-21-23-25-27-29-31-33-35-39-43-47-51-55-61(66)63-59(58-64)60(65)54-50-46-42-38-12-10-8-6-4-2/h11,13,50,54,59-60,64-65H,3-10,12,14-49,51-53,55-58H2,1-2H3,(H,63,66)/b13-11-,54-50+. The number of aliphatic hydroxyl groups is 2. The Bertz CT molecular complexity index is 1060. The monoisotopic (exact) mass is 958 g/mol. The number of rotatable bonds is 57. The normalized spacial score (nSPS) is 12.7. The van der Waals surface area contributed by atoms with Gasteiger partial charge >= 0.3 is 5.97 Å². The summed E-state index contributed by atoms with van der Waals surface area (Å²) < 4.78 is 5.47. The Labute approximate surface area is 424 Å². The lowest BCUT2D eigenvalue weighted by atomic mass is 10.0. The molecule has 0 heterocycles. The van der Waals surface area contributed by atoms with Crippen molar-refractivity contribution >= 4 is 11.9 Å². The van der Waals surface area contributed by atoms with Crippen LogP contribution in [0.15, 0.2) is 24.3 Å². The Hall–Kier alpha value is -1.66. The SMILES string of the molecule is CCCCC/C=C\CCCCCCCC(=O)OCCCCCCCCCCCCCCCCCCCCCCCCCCCCCCCCC(=O)NC(CO)C(O)/C=C/CCCCCCCCC. The quantitative estimate of drug-likeness (QED) is 0.0321. The summed E-state index contributed by atoms with van der Waals surface area (Å²) in [6.45, 7) is 4.87. The predicted molar refractivity (Wildman–Crippen MR) is 296 cm³/mol. The molecule has 1 amide bonds. The van der Waals surface area contributed by atoms with Crippen molar-refractivity contribution in [2.24, 2.45) is 0 Å². The van der Waals surface area contributed by atoms with Crippen molar-refractivity contribution in [3.63, 3.8) is 0 Å². The van der Waals surface area contributed by atoms with Gasteiger partial charge in [-0.05, 0) is 57.8 Å². The van der Waals surface area contributed by atoms with Crippen molar-refractivity contribution in [2.45, 2.75) is 347 Å². The van der Waals surface area contributed by atoms with Gasteiger partial charge in [-0.1, -0.05) is 289 Å². The molecular formula is C62H119NO5. The van der Waals surface area contributed by atoms with Crippen molar-refractivity contribution in [3.8, 4) is 0 Å². The molecule has 0 saturated carbocycles. The molecule has 0 aliphatic rings. The van der Waals surface area contributed by atoms with Gasteiger partial charge in [0.25, 0.3) is 0 Å². The molecule has 68 heavy (non-hydrogen) atoms. The number of esters is 1. The zero-order valence-corrected chi connectivity index (χ0v) is 45.9. The fourth-order valence-electron chi connectivity index (χ4n) is 9.51. The highest BCUT2D eigenvalue weighted by Crippen LogP contribution is 2.18. The van der Waals surface area contributed by atoms with Crippen LogP contribution in [0.2, 0.25) is 0 Å². The average molecular weight is 959 g/mol.